The molecule has 122 valence electrons. The standard InChI is InChI=1S/C16H20N4O2S/c1-2-4-15(21)19-10-12-6-7-18-20(12)14(11-19)16(22)17-9-13-5-3-8-23-13/h3,5-8,14H,2,4,9-11H2,1H3,(H,17,22)/t14-/m1/s1. The van der Waals surface area contributed by atoms with Crippen molar-refractivity contribution in [1.29, 1.82) is 0 Å². The maximum atomic E-state index is 12.6. The number of nitrogens with one attached hydrogen (secondary N) is 1. The average molecular weight is 332 g/mol. The first-order chi connectivity index (χ1) is 11.2. The number of hydrogen-bond donors (Lipinski definition) is 1. The first-order valence-electron chi connectivity index (χ1n) is 7.79. The molecule has 2 amide bonds. The Kier molecular flexibility index (Phi) is 4.76. The van der Waals surface area contributed by atoms with E-state index in [0.717, 1.165) is 17.0 Å². The molecule has 0 unspecified atom stereocenters. The van der Waals surface area contributed by atoms with Gasteiger partial charge in [0.15, 0.2) is 0 Å². The number of nitrogens with zero attached hydrogens (tertiary/aromatic N) is 3. The monoisotopic (exact) mass is 332 g/mol. The van der Waals surface area contributed by atoms with Crippen LogP contribution >= 0.6 is 11.3 Å². The van der Waals surface area contributed by atoms with Crippen molar-refractivity contribution in [1.82, 2.24) is 20.0 Å². The van der Waals surface area contributed by atoms with Gasteiger partial charge in [0.2, 0.25) is 11.8 Å². The molecule has 0 aromatic carbocycles. The van der Waals surface area contributed by atoms with E-state index in [1.807, 2.05) is 30.5 Å². The van der Waals surface area contributed by atoms with Gasteiger partial charge in [-0.3, -0.25) is 14.3 Å². The van der Waals surface area contributed by atoms with Crippen molar-refractivity contribution < 1.29 is 9.59 Å². The van der Waals surface area contributed by atoms with Crippen LogP contribution in [0.1, 0.15) is 36.4 Å². The van der Waals surface area contributed by atoms with Crippen LogP contribution in [0.5, 0.6) is 0 Å². The van der Waals surface area contributed by atoms with Gasteiger partial charge in [0, 0.05) is 17.5 Å². The van der Waals surface area contributed by atoms with Crippen LogP contribution in [0.4, 0.5) is 0 Å². The van der Waals surface area contributed by atoms with Gasteiger partial charge in [0.1, 0.15) is 6.04 Å². The molecule has 0 fully saturated rings. The Morgan fingerprint density at radius 3 is 3.04 bits per heavy atom. The minimum Gasteiger partial charge on any atom is -0.349 e. The van der Waals surface area contributed by atoms with Gasteiger partial charge in [-0.15, -0.1) is 11.3 Å². The summed E-state index contributed by atoms with van der Waals surface area (Å²) < 4.78 is 1.74. The van der Waals surface area contributed by atoms with Gasteiger partial charge in [-0.05, 0) is 23.9 Å². The molecule has 3 rings (SSSR count). The van der Waals surface area contributed by atoms with Gasteiger partial charge in [-0.25, -0.2) is 0 Å². The SMILES string of the molecule is CCCC(=O)N1Cc2ccnn2[C@@H](C(=O)NCc2cccs2)C1. The summed E-state index contributed by atoms with van der Waals surface area (Å²) in [5, 5.41) is 9.20. The second-order valence-corrected chi connectivity index (χ2v) is 6.64. The zero-order valence-corrected chi connectivity index (χ0v) is 13.9. The van der Waals surface area contributed by atoms with Crippen LogP contribution in [0.2, 0.25) is 0 Å². The maximum Gasteiger partial charge on any atom is 0.247 e. The number of amides is 2. The highest BCUT2D eigenvalue weighted by Crippen LogP contribution is 2.21. The van der Waals surface area contributed by atoms with E-state index >= 15 is 0 Å². The molecular weight excluding hydrogens is 312 g/mol. The molecule has 0 saturated carbocycles. The van der Waals surface area contributed by atoms with Crippen molar-refractivity contribution in [3.05, 3.63) is 40.3 Å². The third-order valence-corrected chi connectivity index (χ3v) is 4.81. The van der Waals surface area contributed by atoms with Crippen molar-refractivity contribution in [2.75, 3.05) is 6.54 Å². The number of carbonyl (C=O) groups is 2. The number of hydrogen-bond acceptors (Lipinski definition) is 4. The molecule has 2 aromatic rings. The van der Waals surface area contributed by atoms with Gasteiger partial charge in [-0.1, -0.05) is 13.0 Å². The molecule has 0 spiro atoms. The van der Waals surface area contributed by atoms with Crippen LogP contribution in [0.3, 0.4) is 0 Å². The lowest BCUT2D eigenvalue weighted by molar-refractivity contribution is -0.135. The van der Waals surface area contributed by atoms with Crippen molar-refractivity contribution in [2.24, 2.45) is 0 Å². The van der Waals surface area contributed by atoms with E-state index in [-0.39, 0.29) is 11.8 Å². The quantitative estimate of drug-likeness (QED) is 0.910. The van der Waals surface area contributed by atoms with Gasteiger partial charge in [-0.2, -0.15) is 5.10 Å². The molecule has 2 aromatic heterocycles. The highest BCUT2D eigenvalue weighted by Gasteiger charge is 2.32. The molecule has 1 N–H and O–H groups in total. The highest BCUT2D eigenvalue weighted by molar-refractivity contribution is 7.09. The lowest BCUT2D eigenvalue weighted by Crippen LogP contribution is -2.46. The third-order valence-electron chi connectivity index (χ3n) is 3.93. The predicted octanol–water partition coefficient (Wildman–Crippen LogP) is 1.94. The Morgan fingerprint density at radius 2 is 2.30 bits per heavy atom. The maximum absolute atomic E-state index is 12.6. The van der Waals surface area contributed by atoms with Gasteiger partial charge >= 0.3 is 0 Å². The highest BCUT2D eigenvalue weighted by atomic mass is 32.1. The van der Waals surface area contributed by atoms with Crippen molar-refractivity contribution in [2.45, 2.75) is 38.9 Å². The molecular formula is C16H20N4O2S. The fourth-order valence-electron chi connectivity index (χ4n) is 2.75. The van der Waals surface area contributed by atoms with Gasteiger partial charge in [0.25, 0.3) is 0 Å². The van der Waals surface area contributed by atoms with Gasteiger partial charge in [0.05, 0.1) is 25.3 Å². The third kappa shape index (κ3) is 3.44. The van der Waals surface area contributed by atoms with Crippen LogP contribution < -0.4 is 5.32 Å². The Hall–Kier alpha value is -2.15. The largest absolute Gasteiger partial charge is 0.349 e. The molecule has 3 heterocycles. The summed E-state index contributed by atoms with van der Waals surface area (Å²) in [4.78, 5) is 27.6. The molecule has 0 bridgehead atoms. The van der Waals surface area contributed by atoms with Crippen molar-refractivity contribution >= 4 is 23.2 Å². The second-order valence-electron chi connectivity index (χ2n) is 5.60. The van der Waals surface area contributed by atoms with E-state index in [9.17, 15) is 9.59 Å². The number of rotatable bonds is 5. The number of thiophene rings is 1. The molecule has 6 nitrogen and oxygen atoms in total. The topological polar surface area (TPSA) is 67.2 Å². The second kappa shape index (κ2) is 6.95. The van der Waals surface area contributed by atoms with Crippen LogP contribution in [-0.4, -0.2) is 33.0 Å². The summed E-state index contributed by atoms with van der Waals surface area (Å²) >= 11 is 1.61. The first kappa shape index (κ1) is 15.7. The minimum absolute atomic E-state index is 0.0935. The van der Waals surface area contributed by atoms with E-state index in [1.165, 1.54) is 0 Å². The predicted molar refractivity (Wildman–Crippen MR) is 87.8 cm³/mol. The summed E-state index contributed by atoms with van der Waals surface area (Å²) in [6.07, 6.45) is 3.00. The van der Waals surface area contributed by atoms with E-state index < -0.39 is 6.04 Å². The van der Waals surface area contributed by atoms with Crippen LogP contribution in [0, 0.1) is 0 Å². The van der Waals surface area contributed by atoms with Crippen LogP contribution in [0.25, 0.3) is 0 Å². The lowest BCUT2D eigenvalue weighted by Gasteiger charge is -2.33. The zero-order valence-electron chi connectivity index (χ0n) is 13.1. The normalized spacial score (nSPS) is 16.9. The molecule has 7 heteroatoms. The molecule has 0 aliphatic carbocycles. The number of aromatic nitrogens is 2. The molecule has 0 radical (unpaired) electrons. The Morgan fingerprint density at radius 1 is 1.43 bits per heavy atom. The molecule has 23 heavy (non-hydrogen) atoms. The van der Waals surface area contributed by atoms with Gasteiger partial charge < -0.3 is 10.2 Å². The van der Waals surface area contributed by atoms with Crippen LogP contribution in [-0.2, 0) is 22.7 Å². The molecule has 0 saturated heterocycles. The molecule has 1 atom stereocenters. The fraction of sp³-hybridized carbons (Fsp3) is 0.438. The van der Waals surface area contributed by atoms with E-state index in [0.29, 0.717) is 26.1 Å². The zero-order chi connectivity index (χ0) is 16.2. The van der Waals surface area contributed by atoms with E-state index in [4.69, 9.17) is 0 Å². The first-order valence-corrected chi connectivity index (χ1v) is 8.67. The average Bonchev–Trinajstić information content (AvgIpc) is 3.22. The summed E-state index contributed by atoms with van der Waals surface area (Å²) in [5.74, 6) is -0.00615. The Balaban J connectivity index is 1.72. The summed E-state index contributed by atoms with van der Waals surface area (Å²) in [5.41, 5.74) is 0.900. The lowest BCUT2D eigenvalue weighted by atomic mass is 10.1. The smallest absolute Gasteiger partial charge is 0.247 e. The van der Waals surface area contributed by atoms with Crippen molar-refractivity contribution in [3.8, 4) is 0 Å². The summed E-state index contributed by atoms with van der Waals surface area (Å²) in [6, 6.07) is 5.35. The van der Waals surface area contributed by atoms with Crippen molar-refractivity contribution in [3.63, 3.8) is 0 Å². The summed E-state index contributed by atoms with van der Waals surface area (Å²) in [7, 11) is 0. The minimum atomic E-state index is -0.463. The summed E-state index contributed by atoms with van der Waals surface area (Å²) in [6.45, 7) is 3.39. The van der Waals surface area contributed by atoms with E-state index in [1.54, 1.807) is 27.1 Å². The number of carbonyl (C=O) groups excluding carboxylic acids is 2. The van der Waals surface area contributed by atoms with E-state index in [2.05, 4.69) is 10.4 Å². The number of fused-ring (bicyclic) bond motifs is 1. The Bertz CT molecular complexity index is 680. The van der Waals surface area contributed by atoms with Crippen LogP contribution in [0.15, 0.2) is 29.8 Å². The Labute approximate surface area is 139 Å². The fourth-order valence-corrected chi connectivity index (χ4v) is 3.40. The molecule has 1 aliphatic heterocycles. The molecule has 1 aliphatic rings.